The van der Waals surface area contributed by atoms with E-state index in [-0.39, 0.29) is 18.1 Å². The Hall–Kier alpha value is -2.09. The van der Waals surface area contributed by atoms with Crippen molar-refractivity contribution in [2.45, 2.75) is 24.3 Å². The number of hydrogen-bond donors (Lipinski definition) is 1. The minimum Gasteiger partial charge on any atom is -0.486 e. The first-order valence-corrected chi connectivity index (χ1v) is 11.3. The molecule has 1 heterocycles. The maximum Gasteiger partial charge on any atom is 0.226 e. The van der Waals surface area contributed by atoms with E-state index in [9.17, 15) is 9.18 Å². The molecule has 0 saturated carbocycles. The third-order valence-electron chi connectivity index (χ3n) is 3.84. The van der Waals surface area contributed by atoms with Crippen LogP contribution in [0, 0.1) is 5.82 Å². The normalized spacial score (nSPS) is 10.7. The zero-order valence-electron chi connectivity index (χ0n) is 15.6. The molecule has 0 saturated heterocycles. The number of nitrogens with one attached hydrogen (secondary N) is 1. The molecule has 0 spiro atoms. The lowest BCUT2D eigenvalue weighted by atomic mass is 10.3. The van der Waals surface area contributed by atoms with Gasteiger partial charge in [-0.3, -0.25) is 4.79 Å². The number of rotatable bonds is 10. The van der Waals surface area contributed by atoms with E-state index in [1.54, 1.807) is 48.2 Å². The average Bonchev–Trinajstić information content (AvgIpc) is 3.16. The van der Waals surface area contributed by atoms with E-state index in [4.69, 9.17) is 16.3 Å². The van der Waals surface area contributed by atoms with Crippen molar-refractivity contribution in [1.82, 2.24) is 10.3 Å². The molecule has 0 bridgehead atoms. The monoisotopic (exact) mass is 450 g/mol. The van der Waals surface area contributed by atoms with Gasteiger partial charge >= 0.3 is 0 Å². The molecule has 0 fully saturated rings. The number of thiazole rings is 1. The molecule has 2 aromatic carbocycles. The second kappa shape index (κ2) is 11.2. The second-order valence-corrected chi connectivity index (χ2v) is 8.71. The molecule has 0 radical (unpaired) electrons. The largest absolute Gasteiger partial charge is 0.486 e. The zero-order valence-corrected chi connectivity index (χ0v) is 18.0. The van der Waals surface area contributed by atoms with Crippen LogP contribution in [-0.4, -0.2) is 23.2 Å². The summed E-state index contributed by atoms with van der Waals surface area (Å²) in [5.41, 5.74) is 0.739. The van der Waals surface area contributed by atoms with Gasteiger partial charge in [0.2, 0.25) is 5.91 Å². The number of hydrogen-bond acceptors (Lipinski definition) is 5. The number of nitrogens with zero attached hydrogens (tertiary/aromatic N) is 1. The Balaban J connectivity index is 1.32. The fourth-order valence-corrected chi connectivity index (χ4v) is 4.10. The summed E-state index contributed by atoms with van der Waals surface area (Å²) in [4.78, 5) is 17.5. The standard InChI is InChI=1S/C21H20ClFN2O2S2/c22-15-2-6-18(7-3-15)27-13-21-25-17(14-29-21)12-20(26)24-10-1-11-28-19-8-4-16(23)5-9-19/h2-9,14H,1,10-13H2,(H,24,26). The van der Waals surface area contributed by atoms with Gasteiger partial charge in [0.05, 0.1) is 12.1 Å². The first-order valence-electron chi connectivity index (χ1n) is 9.05. The van der Waals surface area contributed by atoms with Gasteiger partial charge in [0.1, 0.15) is 23.2 Å². The molecule has 1 aromatic heterocycles. The first-order chi connectivity index (χ1) is 14.1. The molecule has 3 rings (SSSR count). The summed E-state index contributed by atoms with van der Waals surface area (Å²) in [7, 11) is 0. The topological polar surface area (TPSA) is 51.2 Å². The quantitative estimate of drug-likeness (QED) is 0.334. The Morgan fingerprint density at radius 2 is 1.93 bits per heavy atom. The Bertz CT molecular complexity index is 917. The predicted octanol–water partition coefficient (Wildman–Crippen LogP) is 5.36. The molecule has 1 amide bonds. The van der Waals surface area contributed by atoms with E-state index in [0.717, 1.165) is 33.5 Å². The first kappa shape index (κ1) is 21.6. The van der Waals surface area contributed by atoms with Gasteiger partial charge in [-0.2, -0.15) is 0 Å². The van der Waals surface area contributed by atoms with Gasteiger partial charge in [0, 0.05) is 21.8 Å². The molecule has 0 aliphatic carbocycles. The van der Waals surface area contributed by atoms with Crippen LogP contribution in [0.1, 0.15) is 17.1 Å². The van der Waals surface area contributed by atoms with E-state index in [0.29, 0.717) is 18.2 Å². The van der Waals surface area contributed by atoms with Gasteiger partial charge in [-0.05, 0) is 60.7 Å². The van der Waals surface area contributed by atoms with Crippen LogP contribution in [0.3, 0.4) is 0 Å². The fraction of sp³-hybridized carbons (Fsp3) is 0.238. The molecule has 0 unspecified atom stereocenters. The highest BCUT2D eigenvalue weighted by atomic mass is 35.5. The third kappa shape index (κ3) is 7.68. The van der Waals surface area contributed by atoms with Crippen LogP contribution in [0.4, 0.5) is 4.39 Å². The van der Waals surface area contributed by atoms with Crippen LogP contribution in [0.2, 0.25) is 5.02 Å². The molecule has 0 aliphatic rings. The van der Waals surface area contributed by atoms with Crippen molar-refractivity contribution in [3.05, 3.63) is 75.5 Å². The maximum atomic E-state index is 12.9. The van der Waals surface area contributed by atoms with Crippen molar-refractivity contribution in [3.8, 4) is 5.75 Å². The van der Waals surface area contributed by atoms with Crippen LogP contribution >= 0.6 is 34.7 Å². The van der Waals surface area contributed by atoms with Crippen LogP contribution in [-0.2, 0) is 17.8 Å². The van der Waals surface area contributed by atoms with Crippen molar-refractivity contribution in [2.75, 3.05) is 12.3 Å². The number of thioether (sulfide) groups is 1. The van der Waals surface area contributed by atoms with Gasteiger partial charge in [0.15, 0.2) is 0 Å². The van der Waals surface area contributed by atoms with Crippen LogP contribution in [0.25, 0.3) is 0 Å². The highest BCUT2D eigenvalue weighted by Crippen LogP contribution is 2.19. The lowest BCUT2D eigenvalue weighted by Gasteiger charge is -2.05. The minimum absolute atomic E-state index is 0.0488. The number of amides is 1. The molecule has 0 aliphatic heterocycles. The summed E-state index contributed by atoms with van der Waals surface area (Å²) in [6.45, 7) is 0.957. The van der Waals surface area contributed by atoms with Gasteiger partial charge in [-0.25, -0.2) is 9.37 Å². The minimum atomic E-state index is -0.233. The third-order valence-corrected chi connectivity index (χ3v) is 6.06. The number of benzene rings is 2. The van der Waals surface area contributed by atoms with Crippen molar-refractivity contribution in [3.63, 3.8) is 0 Å². The van der Waals surface area contributed by atoms with E-state index in [1.165, 1.54) is 23.5 Å². The molecule has 8 heteroatoms. The smallest absolute Gasteiger partial charge is 0.226 e. The van der Waals surface area contributed by atoms with Gasteiger partial charge < -0.3 is 10.1 Å². The van der Waals surface area contributed by atoms with Crippen LogP contribution in [0.15, 0.2) is 58.8 Å². The molecule has 29 heavy (non-hydrogen) atoms. The highest BCUT2D eigenvalue weighted by Gasteiger charge is 2.08. The van der Waals surface area contributed by atoms with Crippen molar-refractivity contribution < 1.29 is 13.9 Å². The maximum absolute atomic E-state index is 12.9. The molecule has 1 N–H and O–H groups in total. The summed E-state index contributed by atoms with van der Waals surface area (Å²) in [6.07, 6.45) is 1.09. The molecule has 152 valence electrons. The van der Waals surface area contributed by atoms with Gasteiger partial charge in [-0.15, -0.1) is 23.1 Å². The average molecular weight is 451 g/mol. The SMILES string of the molecule is O=C(Cc1csc(COc2ccc(Cl)cc2)n1)NCCCSc1ccc(F)cc1. The van der Waals surface area contributed by atoms with Crippen molar-refractivity contribution in [1.29, 1.82) is 0 Å². The van der Waals surface area contributed by atoms with Crippen LogP contribution < -0.4 is 10.1 Å². The number of carbonyl (C=O) groups excluding carboxylic acids is 1. The van der Waals surface area contributed by atoms with Crippen molar-refractivity contribution >= 4 is 40.6 Å². The number of ether oxygens (including phenoxy) is 1. The molecule has 3 aromatic rings. The molecular weight excluding hydrogens is 431 g/mol. The van der Waals surface area contributed by atoms with Gasteiger partial charge in [0.25, 0.3) is 0 Å². The van der Waals surface area contributed by atoms with Gasteiger partial charge in [-0.1, -0.05) is 11.6 Å². The lowest BCUT2D eigenvalue weighted by molar-refractivity contribution is -0.120. The molecule has 4 nitrogen and oxygen atoms in total. The number of carbonyl (C=O) groups is 1. The fourth-order valence-electron chi connectivity index (χ4n) is 2.42. The summed E-state index contributed by atoms with van der Waals surface area (Å²) >= 11 is 8.97. The van der Waals surface area contributed by atoms with E-state index in [2.05, 4.69) is 10.3 Å². The Kier molecular flexibility index (Phi) is 8.34. The Labute approximate surface area is 182 Å². The summed E-state index contributed by atoms with van der Waals surface area (Å²) < 4.78 is 18.5. The zero-order chi connectivity index (χ0) is 20.5. The highest BCUT2D eigenvalue weighted by molar-refractivity contribution is 7.99. The second-order valence-electron chi connectivity index (χ2n) is 6.16. The summed E-state index contributed by atoms with van der Waals surface area (Å²) in [6, 6.07) is 13.6. The van der Waals surface area contributed by atoms with E-state index >= 15 is 0 Å². The Morgan fingerprint density at radius 3 is 2.69 bits per heavy atom. The van der Waals surface area contributed by atoms with Crippen LogP contribution in [0.5, 0.6) is 5.75 Å². The van der Waals surface area contributed by atoms with E-state index in [1.807, 2.05) is 5.38 Å². The molecule has 0 atom stereocenters. The van der Waals surface area contributed by atoms with E-state index < -0.39 is 0 Å². The summed E-state index contributed by atoms with van der Waals surface area (Å²) in [5.74, 6) is 1.30. The Morgan fingerprint density at radius 1 is 1.17 bits per heavy atom. The number of halogens is 2. The lowest BCUT2D eigenvalue weighted by Crippen LogP contribution is -2.26. The molecular formula is C21H20ClFN2O2S2. The number of aromatic nitrogens is 1. The predicted molar refractivity (Wildman–Crippen MR) is 116 cm³/mol. The van der Waals surface area contributed by atoms with Crippen molar-refractivity contribution in [2.24, 2.45) is 0 Å². The summed E-state index contributed by atoms with van der Waals surface area (Å²) in [5, 5.41) is 6.27.